The van der Waals surface area contributed by atoms with Crippen LogP contribution in [0.1, 0.15) is 56.3 Å². The molecule has 0 bridgehead atoms. The van der Waals surface area contributed by atoms with Gasteiger partial charge in [-0.25, -0.2) is 13.1 Å². The maximum Gasteiger partial charge on any atom is 0.240 e. The molecule has 5 heteroatoms. The Labute approximate surface area is 127 Å². The Kier molecular flexibility index (Phi) is 5.17. The van der Waals surface area contributed by atoms with Crippen LogP contribution in [0.4, 0.5) is 0 Å². The summed E-state index contributed by atoms with van der Waals surface area (Å²) in [6.07, 6.45) is 4.63. The molecule has 116 valence electrons. The highest BCUT2D eigenvalue weighted by Crippen LogP contribution is 2.25. The van der Waals surface area contributed by atoms with E-state index in [1.54, 1.807) is 19.1 Å². The lowest BCUT2D eigenvalue weighted by molar-refractivity contribution is 0.0988. The van der Waals surface area contributed by atoms with Crippen molar-refractivity contribution >= 4 is 15.8 Å². The lowest BCUT2D eigenvalue weighted by Gasteiger charge is -2.29. The number of Topliss-reactive ketones (excluding diaryl/α,β-unsaturated/α-hetero) is 1. The van der Waals surface area contributed by atoms with Crippen molar-refractivity contribution in [2.24, 2.45) is 5.92 Å². The van der Waals surface area contributed by atoms with Crippen LogP contribution in [-0.2, 0) is 10.0 Å². The van der Waals surface area contributed by atoms with E-state index in [-0.39, 0.29) is 16.7 Å². The molecule has 0 heterocycles. The Hall–Kier alpha value is -1.20. The van der Waals surface area contributed by atoms with E-state index in [0.717, 1.165) is 19.3 Å². The third-order valence-corrected chi connectivity index (χ3v) is 5.73. The second kappa shape index (κ2) is 6.71. The summed E-state index contributed by atoms with van der Waals surface area (Å²) in [4.78, 5) is 11.8. The highest BCUT2D eigenvalue weighted by atomic mass is 32.2. The summed E-state index contributed by atoms with van der Waals surface area (Å²) in [6, 6.07) is 6.22. The fraction of sp³-hybridized carbons (Fsp3) is 0.562. The van der Waals surface area contributed by atoms with Crippen LogP contribution in [-0.4, -0.2) is 20.2 Å². The zero-order valence-corrected chi connectivity index (χ0v) is 13.4. The average Bonchev–Trinajstić information content (AvgIpc) is 2.49. The van der Waals surface area contributed by atoms with Crippen LogP contribution in [0, 0.1) is 5.92 Å². The Morgan fingerprint density at radius 2 is 1.81 bits per heavy atom. The molecule has 0 spiro atoms. The molecule has 2 unspecified atom stereocenters. The summed E-state index contributed by atoms with van der Waals surface area (Å²) in [7, 11) is -3.50. The largest absolute Gasteiger partial charge is 0.294 e. The second-order valence-corrected chi connectivity index (χ2v) is 7.50. The van der Waals surface area contributed by atoms with Gasteiger partial charge in [0.1, 0.15) is 0 Å². The fourth-order valence-electron chi connectivity index (χ4n) is 2.78. The van der Waals surface area contributed by atoms with E-state index in [1.807, 2.05) is 0 Å². The van der Waals surface area contributed by atoms with Gasteiger partial charge in [0.15, 0.2) is 5.78 Å². The number of hydrogen-bond acceptors (Lipinski definition) is 3. The van der Waals surface area contributed by atoms with Crippen molar-refractivity contribution in [3.8, 4) is 0 Å². The maximum atomic E-state index is 12.4. The summed E-state index contributed by atoms with van der Waals surface area (Å²) >= 11 is 0. The van der Waals surface area contributed by atoms with Gasteiger partial charge in [-0.3, -0.25) is 4.79 Å². The van der Waals surface area contributed by atoms with Crippen LogP contribution in [0.2, 0.25) is 0 Å². The van der Waals surface area contributed by atoms with Crippen molar-refractivity contribution in [3.05, 3.63) is 29.8 Å². The number of carbonyl (C=O) groups is 1. The summed E-state index contributed by atoms with van der Waals surface area (Å²) in [5.41, 5.74) is 0.558. The Bertz CT molecular complexity index is 592. The molecule has 1 aliphatic carbocycles. The van der Waals surface area contributed by atoms with Crippen LogP contribution in [0.25, 0.3) is 0 Å². The minimum absolute atomic E-state index is 0.0145. The fourth-order valence-corrected chi connectivity index (χ4v) is 4.16. The molecule has 4 nitrogen and oxygen atoms in total. The first-order valence-electron chi connectivity index (χ1n) is 7.59. The first kappa shape index (κ1) is 16.2. The number of carbonyl (C=O) groups excluding carboxylic acids is 1. The first-order valence-corrected chi connectivity index (χ1v) is 9.08. The predicted molar refractivity (Wildman–Crippen MR) is 82.8 cm³/mol. The monoisotopic (exact) mass is 309 g/mol. The Balaban J connectivity index is 2.13. The molecule has 2 rings (SSSR count). The molecule has 1 N–H and O–H groups in total. The van der Waals surface area contributed by atoms with Crippen molar-refractivity contribution < 1.29 is 13.2 Å². The number of ketones is 1. The van der Waals surface area contributed by atoms with Crippen molar-refractivity contribution in [2.45, 2.75) is 56.9 Å². The zero-order chi connectivity index (χ0) is 15.5. The van der Waals surface area contributed by atoms with Crippen LogP contribution in [0.5, 0.6) is 0 Å². The van der Waals surface area contributed by atoms with Crippen molar-refractivity contribution in [2.75, 3.05) is 0 Å². The third kappa shape index (κ3) is 3.92. The zero-order valence-electron chi connectivity index (χ0n) is 12.6. The first-order chi connectivity index (χ1) is 9.94. The smallest absolute Gasteiger partial charge is 0.240 e. The van der Waals surface area contributed by atoms with Gasteiger partial charge in [-0.05, 0) is 30.9 Å². The average molecular weight is 309 g/mol. The van der Waals surface area contributed by atoms with E-state index >= 15 is 0 Å². The normalized spacial score (nSPS) is 23.0. The molecule has 21 heavy (non-hydrogen) atoms. The number of sulfonamides is 1. The third-order valence-electron chi connectivity index (χ3n) is 4.23. The molecule has 1 fully saturated rings. The Morgan fingerprint density at radius 3 is 2.38 bits per heavy atom. The molecule has 0 saturated heterocycles. The van der Waals surface area contributed by atoms with Crippen molar-refractivity contribution in [3.63, 3.8) is 0 Å². The summed E-state index contributed by atoms with van der Waals surface area (Å²) < 4.78 is 27.6. The second-order valence-electron chi connectivity index (χ2n) is 5.79. The van der Waals surface area contributed by atoms with Gasteiger partial charge in [0.05, 0.1) is 4.90 Å². The van der Waals surface area contributed by atoms with Crippen LogP contribution in [0.15, 0.2) is 29.2 Å². The van der Waals surface area contributed by atoms with Gasteiger partial charge in [0.2, 0.25) is 10.0 Å². The topological polar surface area (TPSA) is 63.2 Å². The predicted octanol–water partition coefficient (Wildman–Crippen LogP) is 3.14. The van der Waals surface area contributed by atoms with E-state index in [4.69, 9.17) is 0 Å². The summed E-state index contributed by atoms with van der Waals surface area (Å²) in [5.74, 6) is 0.391. The molecular weight excluding hydrogens is 286 g/mol. The van der Waals surface area contributed by atoms with Crippen LogP contribution in [0.3, 0.4) is 0 Å². The molecule has 1 saturated carbocycles. The Morgan fingerprint density at radius 1 is 1.19 bits per heavy atom. The van der Waals surface area contributed by atoms with E-state index < -0.39 is 10.0 Å². The molecule has 0 radical (unpaired) electrons. The van der Waals surface area contributed by atoms with Crippen molar-refractivity contribution in [1.82, 2.24) is 4.72 Å². The van der Waals surface area contributed by atoms with E-state index in [1.165, 1.54) is 18.6 Å². The quantitative estimate of drug-likeness (QED) is 0.850. The van der Waals surface area contributed by atoms with Gasteiger partial charge in [-0.1, -0.05) is 38.8 Å². The van der Waals surface area contributed by atoms with E-state index in [0.29, 0.717) is 17.9 Å². The molecule has 0 aromatic heterocycles. The standard InChI is InChI=1S/C16H23NO3S/c1-3-16(18)13-8-10-14(11-9-13)21(19,20)17-15-7-5-4-6-12(15)2/h8-12,15,17H,3-7H2,1-2H3. The van der Waals surface area contributed by atoms with Gasteiger partial charge in [-0.15, -0.1) is 0 Å². The molecule has 1 aromatic carbocycles. The highest BCUT2D eigenvalue weighted by Gasteiger charge is 2.26. The summed E-state index contributed by atoms with van der Waals surface area (Å²) in [6.45, 7) is 3.88. The molecule has 1 aliphatic rings. The summed E-state index contributed by atoms with van der Waals surface area (Å²) in [5, 5.41) is 0. The molecular formula is C16H23NO3S. The molecule has 2 atom stereocenters. The SMILES string of the molecule is CCC(=O)c1ccc(S(=O)(=O)NC2CCCCC2C)cc1. The van der Waals surface area contributed by atoms with Gasteiger partial charge < -0.3 is 0 Å². The lowest BCUT2D eigenvalue weighted by Crippen LogP contribution is -2.40. The van der Waals surface area contributed by atoms with Gasteiger partial charge in [0, 0.05) is 18.0 Å². The minimum Gasteiger partial charge on any atom is -0.294 e. The van der Waals surface area contributed by atoms with E-state index in [9.17, 15) is 13.2 Å². The molecule has 0 aliphatic heterocycles. The number of benzene rings is 1. The lowest BCUT2D eigenvalue weighted by atomic mass is 9.87. The van der Waals surface area contributed by atoms with E-state index in [2.05, 4.69) is 11.6 Å². The number of rotatable bonds is 5. The van der Waals surface area contributed by atoms with Crippen molar-refractivity contribution in [1.29, 1.82) is 0 Å². The van der Waals surface area contributed by atoms with Gasteiger partial charge in [0.25, 0.3) is 0 Å². The molecule has 1 aromatic rings. The van der Waals surface area contributed by atoms with Gasteiger partial charge in [-0.2, -0.15) is 0 Å². The maximum absolute atomic E-state index is 12.4. The molecule has 0 amide bonds. The number of hydrogen-bond donors (Lipinski definition) is 1. The van der Waals surface area contributed by atoms with Crippen LogP contribution < -0.4 is 4.72 Å². The number of nitrogens with one attached hydrogen (secondary N) is 1. The van der Waals surface area contributed by atoms with Crippen LogP contribution >= 0.6 is 0 Å². The highest BCUT2D eigenvalue weighted by molar-refractivity contribution is 7.89. The minimum atomic E-state index is -3.50. The van der Waals surface area contributed by atoms with Gasteiger partial charge >= 0.3 is 0 Å².